The molecular formula is C24H17N5O4. The van der Waals surface area contributed by atoms with Crippen molar-refractivity contribution in [3.63, 3.8) is 0 Å². The summed E-state index contributed by atoms with van der Waals surface area (Å²) in [6.07, 6.45) is 0. The van der Waals surface area contributed by atoms with Gasteiger partial charge in [-0.3, -0.25) is 9.59 Å². The van der Waals surface area contributed by atoms with Gasteiger partial charge in [0.2, 0.25) is 0 Å². The average Bonchev–Trinajstić information content (AvgIpc) is 2.86. The number of benzene rings is 3. The summed E-state index contributed by atoms with van der Waals surface area (Å²) in [5.41, 5.74) is 0.538. The van der Waals surface area contributed by atoms with E-state index < -0.39 is 18.3 Å². The Hall–Kier alpha value is -4.66. The Balaban J connectivity index is 1.49. The van der Waals surface area contributed by atoms with E-state index in [1.165, 1.54) is 4.68 Å². The van der Waals surface area contributed by atoms with Crippen molar-refractivity contribution in [1.82, 2.24) is 24.8 Å². The molecule has 0 saturated carbocycles. The molecule has 9 heteroatoms. The first kappa shape index (κ1) is 20.3. The number of nitrogens with zero attached hydrogens (tertiary/aromatic N) is 5. The van der Waals surface area contributed by atoms with E-state index in [1.54, 1.807) is 48.5 Å². The van der Waals surface area contributed by atoms with Gasteiger partial charge in [0.1, 0.15) is 5.52 Å². The fourth-order valence-electron chi connectivity index (χ4n) is 3.55. The molecule has 162 valence electrons. The van der Waals surface area contributed by atoms with Crippen molar-refractivity contribution in [3.8, 4) is 0 Å². The maximum Gasteiger partial charge on any atom is 0.361 e. The molecule has 3 aromatic carbocycles. The van der Waals surface area contributed by atoms with Gasteiger partial charge in [-0.1, -0.05) is 65.9 Å². The number of carbonyl (C=O) groups excluding carboxylic acids is 1. The largest absolute Gasteiger partial charge is 0.437 e. The van der Waals surface area contributed by atoms with Crippen molar-refractivity contribution in [3.05, 3.63) is 111 Å². The number of esters is 1. The molecule has 2 heterocycles. The van der Waals surface area contributed by atoms with Crippen LogP contribution in [-0.2, 0) is 18.0 Å². The topological polar surface area (TPSA) is 109 Å². The van der Waals surface area contributed by atoms with Crippen LogP contribution in [0.2, 0.25) is 0 Å². The van der Waals surface area contributed by atoms with Crippen molar-refractivity contribution in [2.75, 3.05) is 0 Å². The van der Waals surface area contributed by atoms with Crippen molar-refractivity contribution < 1.29 is 9.53 Å². The molecule has 0 N–H and O–H groups in total. The molecule has 5 rings (SSSR count). The second-order valence-electron chi connectivity index (χ2n) is 7.31. The Kier molecular flexibility index (Phi) is 5.19. The molecule has 2 aromatic heterocycles. The number of fused-ring (bicyclic) bond motifs is 2. The van der Waals surface area contributed by atoms with Gasteiger partial charge in [0.05, 0.1) is 17.3 Å². The van der Waals surface area contributed by atoms with Crippen LogP contribution >= 0.6 is 0 Å². The van der Waals surface area contributed by atoms with Crippen LogP contribution in [0.4, 0.5) is 0 Å². The molecule has 0 saturated heterocycles. The predicted molar refractivity (Wildman–Crippen MR) is 121 cm³/mol. The Morgan fingerprint density at radius 3 is 2.18 bits per heavy atom. The van der Waals surface area contributed by atoms with Gasteiger partial charge in [0.15, 0.2) is 12.4 Å². The van der Waals surface area contributed by atoms with E-state index in [0.717, 1.165) is 10.2 Å². The third-order valence-electron chi connectivity index (χ3n) is 5.18. The smallest absolute Gasteiger partial charge is 0.361 e. The number of aromatic nitrogens is 5. The Morgan fingerprint density at radius 2 is 1.39 bits per heavy atom. The molecule has 0 bridgehead atoms. The van der Waals surface area contributed by atoms with Crippen LogP contribution in [0.15, 0.2) is 88.5 Å². The molecule has 0 radical (unpaired) electrons. The van der Waals surface area contributed by atoms with E-state index in [4.69, 9.17) is 4.74 Å². The van der Waals surface area contributed by atoms with Gasteiger partial charge in [0.25, 0.3) is 11.1 Å². The van der Waals surface area contributed by atoms with E-state index in [9.17, 15) is 14.4 Å². The minimum Gasteiger partial charge on any atom is -0.437 e. The molecule has 0 unspecified atom stereocenters. The average molecular weight is 439 g/mol. The zero-order valence-corrected chi connectivity index (χ0v) is 17.3. The summed E-state index contributed by atoms with van der Waals surface area (Å²) >= 11 is 0. The van der Waals surface area contributed by atoms with Gasteiger partial charge >= 0.3 is 5.97 Å². The fraction of sp³-hybridized carbons (Fsp3) is 0.0833. The highest BCUT2D eigenvalue weighted by atomic mass is 16.5. The van der Waals surface area contributed by atoms with Gasteiger partial charge in [-0.25, -0.2) is 9.48 Å². The number of hydrogen-bond donors (Lipinski definition) is 0. The molecule has 0 spiro atoms. The molecule has 0 aliphatic heterocycles. The third kappa shape index (κ3) is 3.87. The summed E-state index contributed by atoms with van der Waals surface area (Å²) in [6, 6.07) is 22.8. The molecule has 33 heavy (non-hydrogen) atoms. The minimum absolute atomic E-state index is 0.0251. The lowest BCUT2D eigenvalue weighted by molar-refractivity contribution is 0.0329. The second kappa shape index (κ2) is 8.46. The highest BCUT2D eigenvalue weighted by Gasteiger charge is 2.19. The summed E-state index contributed by atoms with van der Waals surface area (Å²) in [5.74, 6) is -0.783. The Bertz CT molecular complexity index is 1610. The summed E-state index contributed by atoms with van der Waals surface area (Å²) < 4.78 is 7.53. The third-order valence-corrected chi connectivity index (χ3v) is 5.18. The van der Waals surface area contributed by atoms with Crippen LogP contribution in [0.3, 0.4) is 0 Å². The fourth-order valence-corrected chi connectivity index (χ4v) is 3.55. The van der Waals surface area contributed by atoms with E-state index in [0.29, 0.717) is 21.7 Å². The number of rotatable bonds is 5. The first-order valence-electron chi connectivity index (χ1n) is 10.2. The lowest BCUT2D eigenvalue weighted by Crippen LogP contribution is -2.29. The molecule has 0 amide bonds. The summed E-state index contributed by atoms with van der Waals surface area (Å²) in [5, 5.41) is 13.2. The Labute approximate surface area is 186 Å². The summed E-state index contributed by atoms with van der Waals surface area (Å²) in [6.45, 7) is -0.246. The monoisotopic (exact) mass is 439 g/mol. The van der Waals surface area contributed by atoms with Crippen LogP contribution < -0.4 is 11.1 Å². The zero-order valence-electron chi connectivity index (χ0n) is 17.3. The highest BCUT2D eigenvalue weighted by Crippen LogP contribution is 2.15. The minimum atomic E-state index is -0.783. The van der Waals surface area contributed by atoms with Crippen LogP contribution in [0, 0.1) is 0 Å². The van der Waals surface area contributed by atoms with Crippen LogP contribution in [0.1, 0.15) is 16.1 Å². The lowest BCUT2D eigenvalue weighted by atomic mass is 10.1. The zero-order chi connectivity index (χ0) is 22.8. The summed E-state index contributed by atoms with van der Waals surface area (Å²) in [4.78, 5) is 38.5. The van der Waals surface area contributed by atoms with Crippen LogP contribution in [0.5, 0.6) is 0 Å². The second-order valence-corrected chi connectivity index (χ2v) is 7.31. The maximum absolute atomic E-state index is 13.0. The Morgan fingerprint density at radius 1 is 0.758 bits per heavy atom. The molecule has 0 atom stereocenters. The van der Waals surface area contributed by atoms with Crippen molar-refractivity contribution >= 4 is 27.6 Å². The highest BCUT2D eigenvalue weighted by molar-refractivity contribution is 6.02. The molecule has 9 nitrogen and oxygen atoms in total. The van der Waals surface area contributed by atoms with E-state index in [2.05, 4.69) is 15.4 Å². The van der Waals surface area contributed by atoms with E-state index >= 15 is 0 Å². The molecular weight excluding hydrogens is 422 g/mol. The lowest BCUT2D eigenvalue weighted by Gasteiger charge is -2.11. The van der Waals surface area contributed by atoms with Crippen molar-refractivity contribution in [2.45, 2.75) is 13.3 Å². The van der Waals surface area contributed by atoms with Gasteiger partial charge < -0.3 is 4.74 Å². The standard InChI is InChI=1S/C24H17N5O4/c30-22-18-11-5-4-10-17(18)21(26-28(22)14-16-8-2-1-3-9-16)24(32)33-15-29-23(31)19-12-6-7-13-20(19)25-27-29/h1-13H,14-15H2. The van der Waals surface area contributed by atoms with Crippen LogP contribution in [0.25, 0.3) is 21.7 Å². The summed E-state index contributed by atoms with van der Waals surface area (Å²) in [7, 11) is 0. The molecule has 0 aliphatic carbocycles. The van der Waals surface area contributed by atoms with Gasteiger partial charge in [-0.2, -0.15) is 9.78 Å². The van der Waals surface area contributed by atoms with E-state index in [1.807, 2.05) is 30.3 Å². The van der Waals surface area contributed by atoms with E-state index in [-0.39, 0.29) is 17.8 Å². The number of hydrogen-bond acceptors (Lipinski definition) is 7. The van der Waals surface area contributed by atoms with Gasteiger partial charge in [-0.05, 0) is 23.8 Å². The normalized spacial score (nSPS) is 11.0. The van der Waals surface area contributed by atoms with Gasteiger partial charge in [-0.15, -0.1) is 5.10 Å². The first-order valence-corrected chi connectivity index (χ1v) is 10.2. The maximum atomic E-state index is 13.0. The van der Waals surface area contributed by atoms with Gasteiger partial charge in [0, 0.05) is 5.39 Å². The first-order chi connectivity index (χ1) is 16.1. The number of carbonyl (C=O) groups is 1. The predicted octanol–water partition coefficient (Wildman–Crippen LogP) is 2.36. The number of ether oxygens (including phenoxy) is 1. The van der Waals surface area contributed by atoms with Crippen LogP contribution in [-0.4, -0.2) is 30.7 Å². The quantitative estimate of drug-likeness (QED) is 0.387. The van der Waals surface area contributed by atoms with Crippen molar-refractivity contribution in [1.29, 1.82) is 0 Å². The SMILES string of the molecule is O=C(OCn1nnc2ccccc2c1=O)c1nn(Cc2ccccc2)c(=O)c2ccccc12. The molecule has 0 fully saturated rings. The molecule has 0 aliphatic rings. The molecule has 5 aromatic rings. The van der Waals surface area contributed by atoms with Crippen molar-refractivity contribution in [2.24, 2.45) is 0 Å².